The molecule has 0 aliphatic carbocycles. The first-order chi connectivity index (χ1) is 38.2. The summed E-state index contributed by atoms with van der Waals surface area (Å²) >= 11 is 0. The van der Waals surface area contributed by atoms with Gasteiger partial charge in [0.05, 0.1) is 45.9 Å². The molecule has 0 saturated heterocycles. The summed E-state index contributed by atoms with van der Waals surface area (Å²) in [5.41, 5.74) is 6.34. The van der Waals surface area contributed by atoms with Crippen LogP contribution in [0.15, 0.2) is 167 Å². The summed E-state index contributed by atoms with van der Waals surface area (Å²) in [5, 5.41) is 9.44. The monoisotopic (exact) mass is 1070 g/mol. The molecule has 6 aromatic carbocycles. The van der Waals surface area contributed by atoms with Crippen molar-refractivity contribution in [2.75, 3.05) is 71.5 Å². The maximum atomic E-state index is 13.4. The van der Waals surface area contributed by atoms with Crippen LogP contribution >= 0.6 is 0 Å². The number of rotatable bonds is 22. The minimum absolute atomic E-state index is 0.103. The molecule has 0 aliphatic heterocycles. The third-order valence-corrected chi connectivity index (χ3v) is 12.5. The number of hydrogen-bond donors (Lipinski definition) is 1. The highest BCUT2D eigenvalue weighted by atomic mass is 16.5. The van der Waals surface area contributed by atoms with Gasteiger partial charge in [-0.25, -0.2) is 19.6 Å². The molecule has 0 atom stereocenters. The van der Waals surface area contributed by atoms with E-state index in [-0.39, 0.29) is 25.7 Å². The summed E-state index contributed by atoms with van der Waals surface area (Å²) in [6, 6.07) is 47.5. The van der Waals surface area contributed by atoms with Gasteiger partial charge < -0.3 is 47.4 Å². The summed E-state index contributed by atoms with van der Waals surface area (Å²) in [4.78, 5) is 65.1. The van der Waals surface area contributed by atoms with E-state index in [1.54, 1.807) is 82.9 Å². The number of ether oxygens (including phenoxy) is 5. The molecular weight excluding hydrogens is 1010 g/mol. The van der Waals surface area contributed by atoms with Gasteiger partial charge in [0.2, 0.25) is 11.8 Å². The van der Waals surface area contributed by atoms with Gasteiger partial charge in [-0.3, -0.25) is 19.4 Å². The van der Waals surface area contributed by atoms with Crippen molar-refractivity contribution in [3.8, 4) is 45.9 Å². The van der Waals surface area contributed by atoms with Crippen molar-refractivity contribution < 1.29 is 56.8 Å². The molecule has 2 heterocycles. The van der Waals surface area contributed by atoms with Gasteiger partial charge >= 0.3 is 24.0 Å². The van der Waals surface area contributed by atoms with Crippen LogP contribution in [0, 0.1) is 13.8 Å². The summed E-state index contributed by atoms with van der Waals surface area (Å²) in [6.45, 7) is 4.20. The van der Waals surface area contributed by atoms with Crippen molar-refractivity contribution in [2.45, 2.75) is 39.8 Å². The van der Waals surface area contributed by atoms with Crippen LogP contribution in [-0.4, -0.2) is 111 Å². The number of methoxy groups -OCH3 is 3. The quantitative estimate of drug-likeness (QED) is 0.0628. The molecule has 18 heteroatoms. The summed E-state index contributed by atoms with van der Waals surface area (Å²) in [7, 11) is 7.70. The van der Waals surface area contributed by atoms with Gasteiger partial charge in [-0.2, -0.15) is 0 Å². The molecule has 0 radical (unpaired) electrons. The van der Waals surface area contributed by atoms with Crippen molar-refractivity contribution in [3.63, 3.8) is 0 Å². The molecule has 0 unspecified atom stereocenters. The number of carbonyl (C=O) groups is 4. The maximum Gasteiger partial charge on any atom is 0.325 e. The zero-order valence-electron chi connectivity index (χ0n) is 45.3. The number of aliphatic carboxylic acids is 1. The molecule has 2 aromatic heterocycles. The smallest absolute Gasteiger partial charge is 0.325 e. The molecule has 8 aromatic rings. The van der Waals surface area contributed by atoms with E-state index in [0.717, 1.165) is 45.2 Å². The average molecular weight is 1070 g/mol. The fourth-order valence-corrected chi connectivity index (χ4v) is 8.19. The highest BCUT2D eigenvalue weighted by Crippen LogP contribution is 2.26. The molecule has 0 bridgehead atoms. The number of aryl methyl sites for hydroxylation is 2. The van der Waals surface area contributed by atoms with Crippen LogP contribution in [0.2, 0.25) is 0 Å². The lowest BCUT2D eigenvalue weighted by molar-refractivity contribution is -0.141. The minimum Gasteiger partial charge on any atom is -0.497 e. The largest absolute Gasteiger partial charge is 0.497 e. The second-order valence-corrected chi connectivity index (χ2v) is 18.0. The number of anilines is 2. The molecule has 79 heavy (non-hydrogen) atoms. The van der Waals surface area contributed by atoms with Crippen LogP contribution in [0.5, 0.6) is 23.0 Å². The minimum atomic E-state index is -1.10. The van der Waals surface area contributed by atoms with Crippen LogP contribution in [0.25, 0.3) is 22.9 Å². The SMILES string of the molecule is COC(=O)CN(Cc1cccc(OCCc2nc(-c3ccccc3)oc2C)c1)C(=O)N(C)c1ccc(OC)cc1.COc1ccc(N(C)C(=O)N(CC(=O)O)Cc2cccc(OCCc3nc(-c4ccccc4)oc3C)c2)cc1. The van der Waals surface area contributed by atoms with E-state index in [1.807, 2.05) is 117 Å². The Kier molecular flexibility index (Phi) is 20.2. The number of carboxylic acids is 1. The lowest BCUT2D eigenvalue weighted by Crippen LogP contribution is -2.43. The van der Waals surface area contributed by atoms with Crippen LogP contribution in [-0.2, 0) is 40.3 Å². The van der Waals surface area contributed by atoms with Crippen molar-refractivity contribution in [1.82, 2.24) is 19.8 Å². The Morgan fingerprint density at radius 2 is 0.911 bits per heavy atom. The summed E-state index contributed by atoms with van der Waals surface area (Å²) in [6.07, 6.45) is 1.13. The van der Waals surface area contributed by atoms with Crippen LogP contribution in [0.1, 0.15) is 34.0 Å². The predicted molar refractivity (Wildman–Crippen MR) is 299 cm³/mol. The van der Waals surface area contributed by atoms with E-state index >= 15 is 0 Å². The van der Waals surface area contributed by atoms with Gasteiger partial charge in [-0.15, -0.1) is 0 Å². The Hall–Kier alpha value is -9.58. The number of aromatic nitrogens is 2. The molecule has 1 N–H and O–H groups in total. The van der Waals surface area contributed by atoms with Gasteiger partial charge in [0.1, 0.15) is 47.6 Å². The summed E-state index contributed by atoms with van der Waals surface area (Å²) in [5.74, 6) is 3.66. The van der Waals surface area contributed by atoms with Gasteiger partial charge in [0, 0.05) is 62.5 Å². The average Bonchev–Trinajstić information content (AvgIpc) is 4.06. The molecule has 4 amide bonds. The molecule has 0 spiro atoms. The lowest BCUT2D eigenvalue weighted by atomic mass is 10.2. The first kappa shape index (κ1) is 57.1. The molecule has 8 rings (SSSR count). The second-order valence-electron chi connectivity index (χ2n) is 18.0. The number of benzene rings is 6. The van der Waals surface area contributed by atoms with E-state index in [2.05, 4.69) is 9.97 Å². The molecule has 18 nitrogen and oxygen atoms in total. The zero-order chi connectivity index (χ0) is 56.3. The Balaban J connectivity index is 0.000000229. The number of esters is 1. The molecule has 0 aliphatic rings. The Morgan fingerprint density at radius 3 is 1.29 bits per heavy atom. The Morgan fingerprint density at radius 1 is 0.506 bits per heavy atom. The number of oxazole rings is 2. The Labute approximate surface area is 459 Å². The fraction of sp³-hybridized carbons (Fsp3) is 0.246. The zero-order valence-corrected chi connectivity index (χ0v) is 45.3. The van der Waals surface area contributed by atoms with Gasteiger partial charge in [0.25, 0.3) is 0 Å². The number of urea groups is 2. The molecular formula is C61H64N6O12. The second kappa shape index (κ2) is 28.0. The number of hydrogen-bond acceptors (Lipinski definition) is 13. The predicted octanol–water partition coefficient (Wildman–Crippen LogP) is 10.9. The van der Waals surface area contributed by atoms with Crippen molar-refractivity contribution in [1.29, 1.82) is 0 Å². The molecule has 410 valence electrons. The molecule has 0 fully saturated rings. The maximum absolute atomic E-state index is 13.4. The third kappa shape index (κ3) is 16.2. The topological polar surface area (TPSA) is 200 Å². The van der Waals surface area contributed by atoms with E-state index in [9.17, 15) is 24.3 Å². The normalized spacial score (nSPS) is 10.6. The van der Waals surface area contributed by atoms with Gasteiger partial charge in [-0.05, 0) is 122 Å². The highest BCUT2D eigenvalue weighted by molar-refractivity contribution is 5.94. The van der Waals surface area contributed by atoms with Crippen LogP contribution in [0.4, 0.5) is 21.0 Å². The fourth-order valence-electron chi connectivity index (χ4n) is 8.19. The summed E-state index contributed by atoms with van der Waals surface area (Å²) < 4.78 is 38.8. The number of nitrogens with zero attached hydrogens (tertiary/aromatic N) is 6. The Bertz CT molecular complexity index is 3260. The van der Waals surface area contributed by atoms with E-state index in [0.29, 0.717) is 72.2 Å². The third-order valence-electron chi connectivity index (χ3n) is 12.5. The van der Waals surface area contributed by atoms with Crippen LogP contribution in [0.3, 0.4) is 0 Å². The van der Waals surface area contributed by atoms with E-state index in [1.165, 1.54) is 26.7 Å². The van der Waals surface area contributed by atoms with Crippen LogP contribution < -0.4 is 28.7 Å². The highest BCUT2D eigenvalue weighted by Gasteiger charge is 2.25. The van der Waals surface area contributed by atoms with Gasteiger partial charge in [0.15, 0.2) is 0 Å². The molecule has 0 saturated carbocycles. The lowest BCUT2D eigenvalue weighted by Gasteiger charge is -2.27. The first-order valence-corrected chi connectivity index (χ1v) is 25.3. The first-order valence-electron chi connectivity index (χ1n) is 25.3. The van der Waals surface area contributed by atoms with E-state index < -0.39 is 24.5 Å². The van der Waals surface area contributed by atoms with E-state index in [4.69, 9.17) is 32.5 Å². The number of carboxylic acid groups (broad SMARTS) is 1. The van der Waals surface area contributed by atoms with Crippen molar-refractivity contribution in [3.05, 3.63) is 192 Å². The number of amides is 4. The van der Waals surface area contributed by atoms with Crippen molar-refractivity contribution >= 4 is 35.4 Å². The van der Waals surface area contributed by atoms with Gasteiger partial charge in [-0.1, -0.05) is 60.7 Å². The standard InChI is InChI=1S/C31H33N3O6.C30H31N3O6/c1-22-28(32-30(40-22)24-10-6-5-7-11-24)17-18-39-27-12-8-9-23(19-27)20-34(21-29(35)38-4)31(36)33(2)25-13-15-26(37-3)16-14-25;1-21-27(31-29(39-21)23-9-5-4-6-10-23)16-17-38-26-11-7-8-22(18-26)19-33(20-28(34)35)30(36)32(2)24-12-14-25(37-3)15-13-24/h5-16,19H,17-18,20-21H2,1-4H3;4-15,18H,16-17,19-20H2,1-3H3,(H,34,35). The van der Waals surface area contributed by atoms with Crippen molar-refractivity contribution in [2.24, 2.45) is 0 Å². The number of carbonyl (C=O) groups excluding carboxylic acids is 3.